The lowest BCUT2D eigenvalue weighted by Crippen LogP contribution is -2.53. The van der Waals surface area contributed by atoms with Crippen molar-refractivity contribution in [1.29, 1.82) is 0 Å². The molecule has 0 saturated heterocycles. The average Bonchev–Trinajstić information content (AvgIpc) is 2.44. The van der Waals surface area contributed by atoms with Gasteiger partial charge < -0.3 is 15.3 Å². The molecule has 0 aromatic heterocycles. The molecule has 0 amide bonds. The van der Waals surface area contributed by atoms with Crippen molar-refractivity contribution in [3.63, 3.8) is 0 Å². The van der Waals surface area contributed by atoms with Crippen LogP contribution in [0.4, 0.5) is 0 Å². The molecule has 1 rings (SSSR count). The van der Waals surface area contributed by atoms with Gasteiger partial charge in [-0.05, 0) is 33.0 Å². The maximum atomic E-state index is 9.84. The Kier molecular flexibility index (Phi) is 5.79. The topological polar surface area (TPSA) is 35.5 Å². The van der Waals surface area contributed by atoms with Crippen molar-refractivity contribution in [3.8, 4) is 0 Å². The summed E-state index contributed by atoms with van der Waals surface area (Å²) in [5, 5.41) is 13.1. The minimum Gasteiger partial charge on any atom is -0.394 e. The van der Waals surface area contributed by atoms with Crippen molar-refractivity contribution >= 4 is 0 Å². The van der Waals surface area contributed by atoms with E-state index in [9.17, 15) is 5.11 Å². The smallest absolute Gasteiger partial charge is 0.0795 e. The maximum Gasteiger partial charge on any atom is 0.0795 e. The molecule has 18 heavy (non-hydrogen) atoms. The molecule has 2 atom stereocenters. The lowest BCUT2D eigenvalue weighted by atomic mass is 9.89. The van der Waals surface area contributed by atoms with E-state index >= 15 is 0 Å². The molecule has 2 unspecified atom stereocenters. The Morgan fingerprint density at radius 1 is 1.33 bits per heavy atom. The number of hydrogen-bond donors (Lipinski definition) is 2. The van der Waals surface area contributed by atoms with Crippen LogP contribution in [0.3, 0.4) is 0 Å². The third-order valence-corrected chi connectivity index (χ3v) is 3.94. The zero-order valence-corrected chi connectivity index (χ0v) is 12.0. The van der Waals surface area contributed by atoms with Crippen LogP contribution in [0.5, 0.6) is 0 Å². The number of nitrogens with zero attached hydrogens (tertiary/aromatic N) is 1. The first-order valence-electron chi connectivity index (χ1n) is 6.65. The highest BCUT2D eigenvalue weighted by Crippen LogP contribution is 2.22. The van der Waals surface area contributed by atoms with Crippen molar-refractivity contribution in [1.82, 2.24) is 10.2 Å². The number of aliphatic hydroxyl groups is 1. The Morgan fingerprint density at radius 3 is 2.39 bits per heavy atom. The highest BCUT2D eigenvalue weighted by molar-refractivity contribution is 5.25. The van der Waals surface area contributed by atoms with E-state index in [-0.39, 0.29) is 12.1 Å². The molecule has 1 aromatic rings. The molecule has 3 heteroatoms. The van der Waals surface area contributed by atoms with Gasteiger partial charge in [0.2, 0.25) is 0 Å². The maximum absolute atomic E-state index is 9.84. The number of nitrogens with one attached hydrogen (secondary N) is 1. The molecule has 0 aliphatic rings. The zero-order chi connectivity index (χ0) is 13.6. The zero-order valence-electron chi connectivity index (χ0n) is 12.0. The van der Waals surface area contributed by atoms with Crippen LogP contribution in [0.15, 0.2) is 30.3 Å². The molecule has 0 fully saturated rings. The number of likely N-dealkylation sites (N-methyl/N-ethyl adjacent to an activating group) is 2. The molecule has 0 aliphatic heterocycles. The number of rotatable bonds is 7. The molecule has 0 heterocycles. The van der Waals surface area contributed by atoms with Gasteiger partial charge in [-0.15, -0.1) is 0 Å². The van der Waals surface area contributed by atoms with Crippen LogP contribution in [0.2, 0.25) is 0 Å². The fourth-order valence-electron chi connectivity index (χ4n) is 2.19. The van der Waals surface area contributed by atoms with Crippen LogP contribution < -0.4 is 5.32 Å². The molecule has 102 valence electrons. The lowest BCUT2D eigenvalue weighted by molar-refractivity contribution is 0.107. The van der Waals surface area contributed by atoms with Gasteiger partial charge in [-0.2, -0.15) is 0 Å². The summed E-state index contributed by atoms with van der Waals surface area (Å²) in [4.78, 5) is 2.29. The summed E-state index contributed by atoms with van der Waals surface area (Å²) in [7, 11) is 4.02. The quantitative estimate of drug-likeness (QED) is 0.775. The first-order chi connectivity index (χ1) is 8.59. The van der Waals surface area contributed by atoms with Crippen LogP contribution in [0, 0.1) is 0 Å². The Morgan fingerprint density at radius 2 is 1.94 bits per heavy atom. The van der Waals surface area contributed by atoms with Crippen LogP contribution in [-0.2, 0) is 5.54 Å². The van der Waals surface area contributed by atoms with E-state index in [1.807, 2.05) is 25.2 Å². The van der Waals surface area contributed by atoms with E-state index in [2.05, 4.69) is 43.2 Å². The minimum atomic E-state index is -0.389. The van der Waals surface area contributed by atoms with Gasteiger partial charge in [0.25, 0.3) is 0 Å². The third kappa shape index (κ3) is 3.31. The largest absolute Gasteiger partial charge is 0.394 e. The number of aliphatic hydroxyl groups excluding tert-OH is 1. The number of benzene rings is 1. The van der Waals surface area contributed by atoms with Crippen molar-refractivity contribution in [2.45, 2.75) is 31.8 Å². The van der Waals surface area contributed by atoms with Gasteiger partial charge in [0.15, 0.2) is 0 Å². The van der Waals surface area contributed by atoms with Crippen molar-refractivity contribution < 1.29 is 5.11 Å². The Balaban J connectivity index is 2.94. The summed E-state index contributed by atoms with van der Waals surface area (Å²) >= 11 is 0. The fraction of sp³-hybridized carbons (Fsp3) is 0.600. The summed E-state index contributed by atoms with van der Waals surface area (Å²) in [5.74, 6) is 0. The SMILES string of the molecule is CCC(C)N(C)CC(CO)(NC)c1ccccc1. The first kappa shape index (κ1) is 15.2. The van der Waals surface area contributed by atoms with E-state index in [1.54, 1.807) is 0 Å². The normalized spacial score (nSPS) is 16.6. The monoisotopic (exact) mass is 250 g/mol. The van der Waals surface area contributed by atoms with Gasteiger partial charge in [0.05, 0.1) is 12.1 Å². The molecule has 1 aromatic carbocycles. The van der Waals surface area contributed by atoms with Gasteiger partial charge >= 0.3 is 0 Å². The molecule has 0 radical (unpaired) electrons. The second-order valence-corrected chi connectivity index (χ2v) is 5.03. The highest BCUT2D eigenvalue weighted by atomic mass is 16.3. The Bertz CT molecular complexity index is 336. The summed E-state index contributed by atoms with van der Waals surface area (Å²) in [5.41, 5.74) is 0.740. The molecule has 0 bridgehead atoms. The van der Waals surface area contributed by atoms with Gasteiger partial charge in [-0.1, -0.05) is 37.3 Å². The summed E-state index contributed by atoms with van der Waals surface area (Å²) in [6.45, 7) is 5.28. The van der Waals surface area contributed by atoms with Crippen molar-refractivity contribution in [2.24, 2.45) is 0 Å². The second-order valence-electron chi connectivity index (χ2n) is 5.03. The summed E-state index contributed by atoms with van der Waals surface area (Å²) in [6, 6.07) is 10.7. The predicted octanol–water partition coefficient (Wildman–Crippen LogP) is 1.82. The Hall–Kier alpha value is -0.900. The van der Waals surface area contributed by atoms with Crippen LogP contribution in [-0.4, -0.2) is 43.3 Å². The highest BCUT2D eigenvalue weighted by Gasteiger charge is 2.31. The summed E-state index contributed by atoms with van der Waals surface area (Å²) < 4.78 is 0. The van der Waals surface area contributed by atoms with E-state index in [4.69, 9.17) is 0 Å². The Labute approximate surface area is 111 Å². The third-order valence-electron chi connectivity index (χ3n) is 3.94. The molecular formula is C15H26N2O. The van der Waals surface area contributed by atoms with E-state index in [0.29, 0.717) is 6.04 Å². The predicted molar refractivity (Wildman–Crippen MR) is 76.6 cm³/mol. The van der Waals surface area contributed by atoms with Gasteiger partial charge in [-0.25, -0.2) is 0 Å². The van der Waals surface area contributed by atoms with Crippen molar-refractivity contribution in [3.05, 3.63) is 35.9 Å². The van der Waals surface area contributed by atoms with Crippen LogP contribution >= 0.6 is 0 Å². The standard InChI is InChI=1S/C15H26N2O/c1-5-13(2)17(4)11-15(12-18,16-3)14-9-7-6-8-10-14/h6-10,13,16,18H,5,11-12H2,1-4H3. The molecule has 0 aliphatic carbocycles. The molecular weight excluding hydrogens is 224 g/mol. The van der Waals surface area contributed by atoms with Crippen LogP contribution in [0.25, 0.3) is 0 Å². The van der Waals surface area contributed by atoms with E-state index < -0.39 is 0 Å². The summed E-state index contributed by atoms with van der Waals surface area (Å²) in [6.07, 6.45) is 1.11. The molecule has 2 N–H and O–H groups in total. The van der Waals surface area contributed by atoms with Gasteiger partial charge in [-0.3, -0.25) is 0 Å². The first-order valence-corrected chi connectivity index (χ1v) is 6.65. The van der Waals surface area contributed by atoms with Crippen LogP contribution in [0.1, 0.15) is 25.8 Å². The van der Waals surface area contributed by atoms with Gasteiger partial charge in [0.1, 0.15) is 0 Å². The lowest BCUT2D eigenvalue weighted by Gasteiger charge is -2.38. The van der Waals surface area contributed by atoms with E-state index in [0.717, 1.165) is 18.5 Å². The van der Waals surface area contributed by atoms with Crippen molar-refractivity contribution in [2.75, 3.05) is 27.2 Å². The van der Waals surface area contributed by atoms with Gasteiger partial charge in [0, 0.05) is 12.6 Å². The number of hydrogen-bond acceptors (Lipinski definition) is 3. The molecule has 3 nitrogen and oxygen atoms in total. The van der Waals surface area contributed by atoms with E-state index in [1.165, 1.54) is 0 Å². The molecule has 0 saturated carbocycles. The molecule has 0 spiro atoms. The second kappa shape index (κ2) is 6.88. The minimum absolute atomic E-state index is 0.0916. The average molecular weight is 250 g/mol. The fourth-order valence-corrected chi connectivity index (χ4v) is 2.19.